The molecule has 98 valence electrons. The number of aromatic nitrogens is 1. The van der Waals surface area contributed by atoms with Gasteiger partial charge in [0.15, 0.2) is 0 Å². The van der Waals surface area contributed by atoms with E-state index in [4.69, 9.17) is 11.6 Å². The fourth-order valence-corrected chi connectivity index (χ4v) is 2.33. The van der Waals surface area contributed by atoms with Crippen molar-refractivity contribution in [1.82, 2.24) is 4.57 Å². The van der Waals surface area contributed by atoms with Gasteiger partial charge in [-0.1, -0.05) is 17.7 Å². The van der Waals surface area contributed by atoms with Gasteiger partial charge in [0.05, 0.1) is 11.3 Å². The second-order valence-electron chi connectivity index (χ2n) is 4.25. The lowest BCUT2D eigenvalue weighted by atomic mass is 10.1. The monoisotopic (exact) mass is 277 g/mol. The molecule has 0 unspecified atom stereocenters. The number of carboxylic acid groups (broad SMARTS) is 1. The Morgan fingerprint density at radius 2 is 1.95 bits per heavy atom. The molecule has 19 heavy (non-hydrogen) atoms. The first-order chi connectivity index (χ1) is 8.91. The van der Waals surface area contributed by atoms with Crippen LogP contribution in [0.1, 0.15) is 21.6 Å². The summed E-state index contributed by atoms with van der Waals surface area (Å²) in [4.78, 5) is 23.3. The van der Waals surface area contributed by atoms with Crippen LogP contribution in [-0.2, 0) is 0 Å². The summed E-state index contributed by atoms with van der Waals surface area (Å²) in [7, 11) is 0. The second-order valence-corrected chi connectivity index (χ2v) is 4.68. The molecular formula is C14H12ClNO3. The van der Waals surface area contributed by atoms with Gasteiger partial charge in [0.25, 0.3) is 5.56 Å². The van der Waals surface area contributed by atoms with Crippen molar-refractivity contribution < 1.29 is 9.90 Å². The smallest absolute Gasteiger partial charge is 0.337 e. The fraction of sp³-hybridized carbons (Fsp3) is 0.143. The Labute approximate surface area is 114 Å². The third-order valence-electron chi connectivity index (χ3n) is 2.93. The summed E-state index contributed by atoms with van der Waals surface area (Å²) in [6.07, 6.45) is 0. The first-order valence-electron chi connectivity index (χ1n) is 5.64. The van der Waals surface area contributed by atoms with Crippen LogP contribution in [0, 0.1) is 13.8 Å². The van der Waals surface area contributed by atoms with E-state index in [2.05, 4.69) is 0 Å². The van der Waals surface area contributed by atoms with Crippen molar-refractivity contribution in [2.75, 3.05) is 0 Å². The van der Waals surface area contributed by atoms with Crippen molar-refractivity contribution in [3.63, 3.8) is 0 Å². The third-order valence-corrected chi connectivity index (χ3v) is 3.17. The Morgan fingerprint density at radius 1 is 1.26 bits per heavy atom. The van der Waals surface area contributed by atoms with Crippen molar-refractivity contribution in [2.45, 2.75) is 13.8 Å². The van der Waals surface area contributed by atoms with E-state index in [1.807, 2.05) is 0 Å². The van der Waals surface area contributed by atoms with Crippen molar-refractivity contribution in [2.24, 2.45) is 0 Å². The van der Waals surface area contributed by atoms with Crippen molar-refractivity contribution >= 4 is 17.6 Å². The predicted molar refractivity (Wildman–Crippen MR) is 73.5 cm³/mol. The van der Waals surface area contributed by atoms with E-state index in [0.29, 0.717) is 22.0 Å². The van der Waals surface area contributed by atoms with Crippen LogP contribution >= 0.6 is 11.6 Å². The molecule has 0 radical (unpaired) electrons. The van der Waals surface area contributed by atoms with Crippen LogP contribution in [0.4, 0.5) is 0 Å². The van der Waals surface area contributed by atoms with Gasteiger partial charge in [-0.15, -0.1) is 0 Å². The quantitative estimate of drug-likeness (QED) is 0.918. The molecular weight excluding hydrogens is 266 g/mol. The summed E-state index contributed by atoms with van der Waals surface area (Å²) in [5.41, 5.74) is 1.26. The van der Waals surface area contributed by atoms with Crippen LogP contribution in [0.15, 0.2) is 35.1 Å². The second kappa shape index (κ2) is 4.90. The Balaban J connectivity index is 2.81. The highest BCUT2D eigenvalue weighted by molar-refractivity contribution is 6.30. The number of aromatic carboxylic acids is 1. The molecule has 5 heteroatoms. The van der Waals surface area contributed by atoms with Gasteiger partial charge < -0.3 is 5.11 Å². The average Bonchev–Trinajstić information content (AvgIpc) is 2.27. The molecule has 4 nitrogen and oxygen atoms in total. The highest BCUT2D eigenvalue weighted by Gasteiger charge is 2.16. The van der Waals surface area contributed by atoms with Crippen LogP contribution in [0.5, 0.6) is 0 Å². The van der Waals surface area contributed by atoms with Crippen LogP contribution < -0.4 is 5.56 Å². The van der Waals surface area contributed by atoms with Gasteiger partial charge in [-0.3, -0.25) is 9.36 Å². The fourth-order valence-electron chi connectivity index (χ4n) is 2.14. The summed E-state index contributed by atoms with van der Waals surface area (Å²) < 4.78 is 1.35. The zero-order valence-corrected chi connectivity index (χ0v) is 11.2. The van der Waals surface area contributed by atoms with Gasteiger partial charge in [-0.2, -0.15) is 0 Å². The van der Waals surface area contributed by atoms with Crippen molar-refractivity contribution in [3.05, 3.63) is 62.5 Å². The lowest BCUT2D eigenvalue weighted by Crippen LogP contribution is -2.24. The van der Waals surface area contributed by atoms with E-state index in [1.54, 1.807) is 38.1 Å². The summed E-state index contributed by atoms with van der Waals surface area (Å²) in [5.74, 6) is -1.05. The molecule has 0 amide bonds. The molecule has 2 aromatic rings. The molecule has 0 bridgehead atoms. The van der Waals surface area contributed by atoms with E-state index < -0.39 is 5.97 Å². The summed E-state index contributed by atoms with van der Waals surface area (Å²) in [5, 5.41) is 9.71. The summed E-state index contributed by atoms with van der Waals surface area (Å²) in [6.45, 7) is 3.22. The highest BCUT2D eigenvalue weighted by atomic mass is 35.5. The molecule has 0 aliphatic heterocycles. The highest BCUT2D eigenvalue weighted by Crippen LogP contribution is 2.18. The number of hydrogen-bond acceptors (Lipinski definition) is 2. The maximum atomic E-state index is 12.1. The molecule has 1 N–H and O–H groups in total. The molecule has 0 saturated carbocycles. The number of aryl methyl sites for hydroxylation is 1. The standard InChI is InChI=1S/C14H12ClNO3/c1-8-6-12(17)16(9(2)13(8)14(18)19)11-5-3-4-10(15)7-11/h3-7H,1-2H3,(H,18,19). The number of halogens is 1. The number of carboxylic acids is 1. The van der Waals surface area contributed by atoms with Crippen molar-refractivity contribution in [1.29, 1.82) is 0 Å². The number of pyridine rings is 1. The Bertz CT molecular complexity index is 719. The van der Waals surface area contributed by atoms with E-state index in [1.165, 1.54) is 10.6 Å². The van der Waals surface area contributed by atoms with E-state index in [-0.39, 0.29) is 11.1 Å². The maximum Gasteiger partial charge on any atom is 0.337 e. The van der Waals surface area contributed by atoms with Gasteiger partial charge in [0, 0.05) is 16.8 Å². The number of rotatable bonds is 2. The van der Waals surface area contributed by atoms with Crippen LogP contribution in [-0.4, -0.2) is 15.6 Å². The molecule has 1 aromatic carbocycles. The molecule has 0 fully saturated rings. The van der Waals surface area contributed by atoms with Crippen LogP contribution in [0.2, 0.25) is 5.02 Å². The lowest BCUT2D eigenvalue weighted by Gasteiger charge is -2.14. The van der Waals surface area contributed by atoms with E-state index in [9.17, 15) is 14.7 Å². The first-order valence-corrected chi connectivity index (χ1v) is 6.02. The molecule has 0 aliphatic rings. The largest absolute Gasteiger partial charge is 0.478 e. The predicted octanol–water partition coefficient (Wildman–Crippen LogP) is 2.81. The molecule has 0 atom stereocenters. The Kier molecular flexibility index (Phi) is 3.44. The Morgan fingerprint density at radius 3 is 2.53 bits per heavy atom. The van der Waals surface area contributed by atoms with E-state index >= 15 is 0 Å². The normalized spacial score (nSPS) is 10.5. The number of nitrogens with zero attached hydrogens (tertiary/aromatic N) is 1. The SMILES string of the molecule is Cc1cc(=O)n(-c2cccc(Cl)c2)c(C)c1C(=O)O. The minimum absolute atomic E-state index is 0.138. The molecule has 0 aliphatic carbocycles. The molecule has 1 heterocycles. The first kappa shape index (κ1) is 13.4. The summed E-state index contributed by atoms with van der Waals surface area (Å²) in [6, 6.07) is 8.05. The van der Waals surface area contributed by atoms with Gasteiger partial charge in [-0.05, 0) is 37.6 Å². The lowest BCUT2D eigenvalue weighted by molar-refractivity contribution is 0.0694. The van der Waals surface area contributed by atoms with Gasteiger partial charge in [-0.25, -0.2) is 4.79 Å². The van der Waals surface area contributed by atoms with Crippen LogP contribution in [0.25, 0.3) is 5.69 Å². The molecule has 1 aromatic heterocycles. The Hall–Kier alpha value is -2.07. The van der Waals surface area contributed by atoms with Gasteiger partial charge in [0.2, 0.25) is 0 Å². The van der Waals surface area contributed by atoms with E-state index in [0.717, 1.165) is 0 Å². The number of carbonyl (C=O) groups is 1. The third kappa shape index (κ3) is 2.39. The number of benzene rings is 1. The minimum atomic E-state index is -1.05. The molecule has 2 rings (SSSR count). The van der Waals surface area contributed by atoms with Crippen molar-refractivity contribution in [3.8, 4) is 5.69 Å². The zero-order valence-electron chi connectivity index (χ0n) is 10.5. The zero-order chi connectivity index (χ0) is 14.2. The minimum Gasteiger partial charge on any atom is -0.478 e. The van der Waals surface area contributed by atoms with Crippen LogP contribution in [0.3, 0.4) is 0 Å². The average molecular weight is 278 g/mol. The molecule has 0 spiro atoms. The molecule has 0 saturated heterocycles. The summed E-state index contributed by atoms with van der Waals surface area (Å²) >= 11 is 5.90. The topological polar surface area (TPSA) is 59.3 Å². The number of hydrogen-bond donors (Lipinski definition) is 1. The van der Waals surface area contributed by atoms with Gasteiger partial charge >= 0.3 is 5.97 Å². The maximum absolute atomic E-state index is 12.1. The van der Waals surface area contributed by atoms with Gasteiger partial charge in [0.1, 0.15) is 0 Å².